The number of carbonyl (C=O) groups excluding carboxylic acids is 1. The first-order chi connectivity index (χ1) is 5.83. The number of thiophene rings is 1. The molecule has 0 aliphatic carbocycles. The molecule has 0 amide bonds. The van der Waals surface area contributed by atoms with Crippen LogP contribution >= 0.6 is 11.3 Å². The van der Waals surface area contributed by atoms with Crippen molar-refractivity contribution in [2.75, 3.05) is 0 Å². The number of ether oxygens (including phenoxy) is 1. The molecular weight excluding hydrogens is 172 g/mol. The summed E-state index contributed by atoms with van der Waals surface area (Å²) in [6.07, 6.45) is 3.89. The van der Waals surface area contributed by atoms with Crippen molar-refractivity contribution < 1.29 is 9.53 Å². The van der Waals surface area contributed by atoms with Crippen molar-refractivity contribution in [1.82, 2.24) is 0 Å². The summed E-state index contributed by atoms with van der Waals surface area (Å²) in [4.78, 5) is 11.1. The van der Waals surface area contributed by atoms with Gasteiger partial charge in [-0.3, -0.25) is 0 Å². The van der Waals surface area contributed by atoms with E-state index >= 15 is 0 Å². The zero-order valence-electron chi connectivity index (χ0n) is 6.82. The molecule has 64 valence electrons. The van der Waals surface area contributed by atoms with E-state index in [0.29, 0.717) is 0 Å². The SMILES string of the molecule is CCc1cccs1.O=C1C=CO1. The molecule has 1 aliphatic heterocycles. The van der Waals surface area contributed by atoms with Crippen molar-refractivity contribution in [3.05, 3.63) is 34.7 Å². The largest absolute Gasteiger partial charge is 0.431 e. The van der Waals surface area contributed by atoms with Crippen LogP contribution in [0.1, 0.15) is 11.8 Å². The highest BCUT2D eigenvalue weighted by Gasteiger charge is 1.99. The lowest BCUT2D eigenvalue weighted by molar-refractivity contribution is -0.136. The molecule has 0 fully saturated rings. The quantitative estimate of drug-likeness (QED) is 0.623. The Morgan fingerprint density at radius 3 is 2.42 bits per heavy atom. The van der Waals surface area contributed by atoms with Gasteiger partial charge in [0.15, 0.2) is 0 Å². The van der Waals surface area contributed by atoms with E-state index in [1.54, 1.807) is 0 Å². The fraction of sp³-hybridized carbons (Fsp3) is 0.222. The molecule has 1 aromatic rings. The third-order valence-corrected chi connectivity index (χ3v) is 2.34. The van der Waals surface area contributed by atoms with Crippen LogP contribution in [0.3, 0.4) is 0 Å². The predicted molar refractivity (Wildman–Crippen MR) is 48.9 cm³/mol. The number of hydrogen-bond donors (Lipinski definition) is 0. The second-order valence-electron chi connectivity index (χ2n) is 2.17. The molecule has 0 bridgehead atoms. The molecule has 0 unspecified atom stereocenters. The van der Waals surface area contributed by atoms with Crippen molar-refractivity contribution in [2.45, 2.75) is 13.3 Å². The van der Waals surface area contributed by atoms with Gasteiger partial charge in [-0.05, 0) is 17.9 Å². The predicted octanol–water partition coefficient (Wildman–Crippen LogP) is 2.37. The number of esters is 1. The van der Waals surface area contributed by atoms with Gasteiger partial charge in [0.25, 0.3) is 0 Å². The van der Waals surface area contributed by atoms with E-state index in [4.69, 9.17) is 0 Å². The van der Waals surface area contributed by atoms with Crippen LogP contribution < -0.4 is 0 Å². The van der Waals surface area contributed by atoms with E-state index in [9.17, 15) is 4.79 Å². The van der Waals surface area contributed by atoms with Crippen molar-refractivity contribution in [3.8, 4) is 0 Å². The molecule has 1 aromatic heterocycles. The average Bonchev–Trinajstić information content (AvgIpc) is 2.53. The van der Waals surface area contributed by atoms with Crippen LogP contribution in [0, 0.1) is 0 Å². The first-order valence-electron chi connectivity index (χ1n) is 3.72. The number of hydrogen-bond acceptors (Lipinski definition) is 3. The number of cyclic esters (lactones) is 1. The second kappa shape index (κ2) is 4.72. The van der Waals surface area contributed by atoms with E-state index in [1.807, 2.05) is 11.3 Å². The summed E-state index contributed by atoms with van der Waals surface area (Å²) in [7, 11) is 0. The van der Waals surface area contributed by atoms with E-state index in [0.717, 1.165) is 0 Å². The number of rotatable bonds is 1. The molecule has 2 heterocycles. The van der Waals surface area contributed by atoms with E-state index in [1.165, 1.54) is 23.6 Å². The zero-order chi connectivity index (χ0) is 8.81. The Bertz CT molecular complexity index is 262. The lowest BCUT2D eigenvalue weighted by atomic mass is 10.4. The first kappa shape index (κ1) is 9.00. The zero-order valence-corrected chi connectivity index (χ0v) is 7.64. The topological polar surface area (TPSA) is 26.3 Å². The van der Waals surface area contributed by atoms with Gasteiger partial charge >= 0.3 is 5.97 Å². The van der Waals surface area contributed by atoms with Crippen molar-refractivity contribution in [3.63, 3.8) is 0 Å². The Labute approximate surface area is 75.5 Å². The Kier molecular flexibility index (Phi) is 3.54. The second-order valence-corrected chi connectivity index (χ2v) is 3.20. The lowest BCUT2D eigenvalue weighted by Crippen LogP contribution is -2.01. The van der Waals surface area contributed by atoms with Gasteiger partial charge in [-0.15, -0.1) is 11.3 Å². The molecule has 2 rings (SSSR count). The molecule has 0 saturated carbocycles. The van der Waals surface area contributed by atoms with Gasteiger partial charge in [-0.25, -0.2) is 4.79 Å². The van der Waals surface area contributed by atoms with Gasteiger partial charge in [0, 0.05) is 4.88 Å². The molecule has 12 heavy (non-hydrogen) atoms. The van der Waals surface area contributed by atoms with Gasteiger partial charge in [0.1, 0.15) is 6.26 Å². The number of aryl methyl sites for hydroxylation is 1. The molecule has 0 radical (unpaired) electrons. The first-order valence-corrected chi connectivity index (χ1v) is 4.60. The maximum absolute atomic E-state index is 9.59. The molecule has 2 nitrogen and oxygen atoms in total. The summed E-state index contributed by atoms with van der Waals surface area (Å²) in [6, 6.07) is 4.24. The summed E-state index contributed by atoms with van der Waals surface area (Å²) < 4.78 is 4.11. The fourth-order valence-electron chi connectivity index (χ4n) is 0.637. The maximum Gasteiger partial charge on any atom is 0.338 e. The van der Waals surface area contributed by atoms with Crippen molar-refractivity contribution in [1.29, 1.82) is 0 Å². The molecule has 0 saturated heterocycles. The average molecular weight is 182 g/mol. The highest BCUT2D eigenvalue weighted by atomic mass is 32.1. The minimum Gasteiger partial charge on any atom is -0.431 e. The van der Waals surface area contributed by atoms with Gasteiger partial charge in [0.05, 0.1) is 6.08 Å². The summed E-state index contributed by atoms with van der Waals surface area (Å²) in [5.74, 6) is -0.245. The normalized spacial score (nSPS) is 12.6. The van der Waals surface area contributed by atoms with E-state index in [-0.39, 0.29) is 5.97 Å². The minimum atomic E-state index is -0.245. The Morgan fingerprint density at radius 1 is 1.58 bits per heavy atom. The standard InChI is InChI=1S/C6H8S.C3H2O2/c1-2-6-4-3-5-7-6;4-3-1-2-5-3/h3-5H,2H2,1H3;1-2H. The molecule has 0 atom stereocenters. The summed E-state index contributed by atoms with van der Waals surface area (Å²) >= 11 is 1.82. The molecule has 3 heteroatoms. The Balaban J connectivity index is 0.000000127. The van der Waals surface area contributed by atoms with E-state index in [2.05, 4.69) is 29.2 Å². The van der Waals surface area contributed by atoms with E-state index < -0.39 is 0 Å². The summed E-state index contributed by atoms with van der Waals surface area (Å²) in [6.45, 7) is 2.17. The van der Waals surface area contributed by atoms with Gasteiger partial charge in [-0.1, -0.05) is 13.0 Å². The van der Waals surface area contributed by atoms with Crippen molar-refractivity contribution in [2.24, 2.45) is 0 Å². The van der Waals surface area contributed by atoms with Crippen LogP contribution in [-0.2, 0) is 16.0 Å². The Morgan fingerprint density at radius 2 is 2.25 bits per heavy atom. The van der Waals surface area contributed by atoms with Crippen LogP contribution in [0.4, 0.5) is 0 Å². The van der Waals surface area contributed by atoms with Crippen LogP contribution in [0.25, 0.3) is 0 Å². The van der Waals surface area contributed by atoms with Crippen LogP contribution in [-0.4, -0.2) is 5.97 Å². The minimum absolute atomic E-state index is 0.245. The number of carbonyl (C=O) groups is 1. The van der Waals surface area contributed by atoms with Crippen LogP contribution in [0.15, 0.2) is 29.9 Å². The highest BCUT2D eigenvalue weighted by molar-refractivity contribution is 7.09. The van der Waals surface area contributed by atoms with Gasteiger partial charge in [-0.2, -0.15) is 0 Å². The summed E-state index contributed by atoms with van der Waals surface area (Å²) in [5.41, 5.74) is 0. The molecule has 0 N–H and O–H groups in total. The third-order valence-electron chi connectivity index (χ3n) is 1.32. The monoisotopic (exact) mass is 182 g/mol. The molecule has 1 aliphatic rings. The fourth-order valence-corrected chi connectivity index (χ4v) is 1.29. The van der Waals surface area contributed by atoms with Crippen LogP contribution in [0.2, 0.25) is 0 Å². The Hall–Kier alpha value is -1.09. The lowest BCUT2D eigenvalue weighted by Gasteiger charge is -1.96. The van der Waals surface area contributed by atoms with Crippen molar-refractivity contribution >= 4 is 17.3 Å². The molecule has 0 aromatic carbocycles. The van der Waals surface area contributed by atoms with Crippen LogP contribution in [0.5, 0.6) is 0 Å². The summed E-state index contributed by atoms with van der Waals surface area (Å²) in [5, 5.41) is 2.11. The third kappa shape index (κ3) is 2.88. The smallest absolute Gasteiger partial charge is 0.338 e. The van der Waals surface area contributed by atoms with Gasteiger partial charge in [0.2, 0.25) is 0 Å². The van der Waals surface area contributed by atoms with Gasteiger partial charge < -0.3 is 4.74 Å². The molecule has 0 spiro atoms. The maximum atomic E-state index is 9.59. The molecular formula is C9H10O2S. The highest BCUT2D eigenvalue weighted by Crippen LogP contribution is 2.07.